The molecule has 0 fully saturated rings. The molecule has 0 aromatic carbocycles. The number of esters is 1. The molecule has 0 radical (unpaired) electrons. The van der Waals surface area contributed by atoms with Crippen molar-refractivity contribution in [2.75, 3.05) is 0 Å². The molecule has 0 spiro atoms. The zero-order valence-corrected chi connectivity index (χ0v) is 19.8. The number of aliphatic hydroxyl groups excluding tert-OH is 3. The molecule has 0 aromatic heterocycles. The number of carbonyl (C=O) groups is 1. The van der Waals surface area contributed by atoms with Crippen LogP contribution in [0.15, 0.2) is 23.3 Å². The van der Waals surface area contributed by atoms with Crippen LogP contribution in [0.3, 0.4) is 0 Å². The number of hydrogen-bond donors (Lipinski definition) is 3. The first kappa shape index (κ1) is 26.9. The highest BCUT2D eigenvalue weighted by Gasteiger charge is 2.24. The number of cyclic esters (lactones) is 1. The number of hydrogen-bond acceptors (Lipinski definition) is 5. The first-order valence-corrected chi connectivity index (χ1v) is 11.6. The molecule has 0 aliphatic carbocycles. The maximum absolute atomic E-state index is 12.3. The topological polar surface area (TPSA) is 87.0 Å². The fourth-order valence-corrected chi connectivity index (χ4v) is 4.24. The second-order valence-electron chi connectivity index (χ2n) is 9.66. The first-order chi connectivity index (χ1) is 14.0. The largest absolute Gasteiger partial charge is 0.462 e. The Hall–Kier alpha value is -1.17. The average Bonchev–Trinajstić information content (AvgIpc) is 2.63. The van der Waals surface area contributed by atoms with Crippen LogP contribution in [0.25, 0.3) is 0 Å². The van der Waals surface area contributed by atoms with Crippen molar-refractivity contribution in [3.8, 4) is 0 Å². The highest BCUT2D eigenvalue weighted by atomic mass is 16.5. The van der Waals surface area contributed by atoms with Gasteiger partial charge in [-0.2, -0.15) is 0 Å². The van der Waals surface area contributed by atoms with Crippen LogP contribution in [0.1, 0.15) is 86.5 Å². The summed E-state index contributed by atoms with van der Waals surface area (Å²) in [6, 6.07) is 0. The van der Waals surface area contributed by atoms with Gasteiger partial charge in [0.15, 0.2) is 0 Å². The minimum absolute atomic E-state index is 0.0410. The fraction of sp³-hybridized carbons (Fsp3) is 0.800. The van der Waals surface area contributed by atoms with Gasteiger partial charge in [0, 0.05) is 18.8 Å². The third-order valence-corrected chi connectivity index (χ3v) is 6.18. The minimum atomic E-state index is -0.572. The standard InChI is InChI=1S/C25H44O5/c1-16-10-11-24(30-25(29)9-7-8-22(27)18(3)12-16)20(5)14-17(2)13-19(4)23(28)15-21(6)26/h10,13,18-24,26-28H,7-9,11-12,14-15H2,1-6H3/b16-10-,17-13+/t18-,19+,20-,21+,22-,23+,24+/m0/s1. The van der Waals surface area contributed by atoms with Crippen molar-refractivity contribution in [1.29, 1.82) is 0 Å². The molecule has 1 aliphatic rings. The Morgan fingerprint density at radius 3 is 2.60 bits per heavy atom. The lowest BCUT2D eigenvalue weighted by Gasteiger charge is -2.26. The molecule has 30 heavy (non-hydrogen) atoms. The molecular formula is C25H44O5. The lowest BCUT2D eigenvalue weighted by atomic mass is 9.89. The normalized spacial score (nSPS) is 30.7. The molecular weight excluding hydrogens is 380 g/mol. The third kappa shape index (κ3) is 10.2. The Morgan fingerprint density at radius 2 is 1.97 bits per heavy atom. The number of rotatable bonds is 7. The van der Waals surface area contributed by atoms with Gasteiger partial charge in [0.2, 0.25) is 0 Å². The van der Waals surface area contributed by atoms with E-state index >= 15 is 0 Å². The van der Waals surface area contributed by atoms with Crippen LogP contribution >= 0.6 is 0 Å². The first-order valence-electron chi connectivity index (χ1n) is 11.6. The van der Waals surface area contributed by atoms with E-state index in [4.69, 9.17) is 4.74 Å². The molecule has 5 heteroatoms. The van der Waals surface area contributed by atoms with Crippen molar-refractivity contribution >= 4 is 5.97 Å². The molecule has 174 valence electrons. The fourth-order valence-electron chi connectivity index (χ4n) is 4.24. The van der Waals surface area contributed by atoms with Gasteiger partial charge in [-0.3, -0.25) is 4.79 Å². The molecule has 0 aromatic rings. The molecule has 0 saturated heterocycles. The summed E-state index contributed by atoms with van der Waals surface area (Å²) in [5.41, 5.74) is 2.37. The minimum Gasteiger partial charge on any atom is -0.462 e. The predicted octanol–water partition coefficient (Wildman–Crippen LogP) is 4.55. The van der Waals surface area contributed by atoms with Gasteiger partial charge < -0.3 is 20.1 Å². The number of ether oxygens (including phenoxy) is 1. The van der Waals surface area contributed by atoms with E-state index in [1.54, 1.807) is 6.92 Å². The highest BCUT2D eigenvalue weighted by molar-refractivity contribution is 5.69. The number of carbonyl (C=O) groups excluding carboxylic acids is 1. The molecule has 7 atom stereocenters. The van der Waals surface area contributed by atoms with E-state index < -0.39 is 12.2 Å². The van der Waals surface area contributed by atoms with Crippen molar-refractivity contribution in [2.24, 2.45) is 17.8 Å². The van der Waals surface area contributed by atoms with Crippen LogP contribution in [0, 0.1) is 17.8 Å². The van der Waals surface area contributed by atoms with Crippen LogP contribution in [-0.2, 0) is 9.53 Å². The zero-order chi connectivity index (χ0) is 22.8. The number of allylic oxidation sites excluding steroid dienone is 2. The van der Waals surface area contributed by atoms with Gasteiger partial charge in [-0.25, -0.2) is 0 Å². The molecule has 3 N–H and O–H groups in total. The molecule has 0 unspecified atom stereocenters. The Kier molecular flexibility index (Phi) is 11.9. The van der Waals surface area contributed by atoms with Crippen molar-refractivity contribution < 1.29 is 24.9 Å². The molecule has 0 bridgehead atoms. The summed E-state index contributed by atoms with van der Waals surface area (Å²) < 4.78 is 5.83. The van der Waals surface area contributed by atoms with Gasteiger partial charge in [-0.15, -0.1) is 0 Å². The van der Waals surface area contributed by atoms with Gasteiger partial charge in [0.1, 0.15) is 6.10 Å². The highest BCUT2D eigenvalue weighted by Crippen LogP contribution is 2.26. The summed E-state index contributed by atoms with van der Waals surface area (Å²) in [5.74, 6) is 0.106. The molecule has 1 aliphatic heterocycles. The van der Waals surface area contributed by atoms with Gasteiger partial charge in [-0.1, -0.05) is 44.1 Å². The lowest BCUT2D eigenvalue weighted by Crippen LogP contribution is -2.26. The maximum atomic E-state index is 12.3. The van der Waals surface area contributed by atoms with Gasteiger partial charge in [0.05, 0.1) is 18.3 Å². The summed E-state index contributed by atoms with van der Waals surface area (Å²) in [7, 11) is 0. The van der Waals surface area contributed by atoms with E-state index in [-0.39, 0.29) is 35.9 Å². The Bertz CT molecular complexity index is 580. The summed E-state index contributed by atoms with van der Waals surface area (Å²) >= 11 is 0. The average molecular weight is 425 g/mol. The van der Waals surface area contributed by atoms with Crippen LogP contribution in [0.5, 0.6) is 0 Å². The molecule has 1 heterocycles. The lowest BCUT2D eigenvalue weighted by molar-refractivity contribution is -0.151. The van der Waals surface area contributed by atoms with Gasteiger partial charge in [-0.05, 0) is 64.7 Å². The van der Waals surface area contributed by atoms with Crippen LogP contribution < -0.4 is 0 Å². The predicted molar refractivity (Wildman–Crippen MR) is 121 cm³/mol. The van der Waals surface area contributed by atoms with Crippen molar-refractivity contribution in [2.45, 2.75) is 111 Å². The van der Waals surface area contributed by atoms with Gasteiger partial charge in [0.25, 0.3) is 0 Å². The van der Waals surface area contributed by atoms with Crippen molar-refractivity contribution in [3.63, 3.8) is 0 Å². The van der Waals surface area contributed by atoms with Crippen LogP contribution in [0.4, 0.5) is 0 Å². The Balaban J connectivity index is 2.82. The van der Waals surface area contributed by atoms with Gasteiger partial charge >= 0.3 is 5.97 Å². The van der Waals surface area contributed by atoms with E-state index in [2.05, 4.69) is 32.9 Å². The third-order valence-electron chi connectivity index (χ3n) is 6.18. The van der Waals surface area contributed by atoms with Crippen LogP contribution in [-0.4, -0.2) is 45.7 Å². The van der Waals surface area contributed by atoms with E-state index in [9.17, 15) is 20.1 Å². The van der Waals surface area contributed by atoms with Crippen molar-refractivity contribution in [3.05, 3.63) is 23.3 Å². The molecule has 1 rings (SSSR count). The quantitative estimate of drug-likeness (QED) is 0.412. The van der Waals surface area contributed by atoms with E-state index in [0.29, 0.717) is 32.1 Å². The van der Waals surface area contributed by atoms with E-state index in [0.717, 1.165) is 18.4 Å². The van der Waals surface area contributed by atoms with Crippen LogP contribution in [0.2, 0.25) is 0 Å². The monoisotopic (exact) mass is 424 g/mol. The second kappa shape index (κ2) is 13.3. The second-order valence-corrected chi connectivity index (χ2v) is 9.66. The zero-order valence-electron chi connectivity index (χ0n) is 19.8. The SMILES string of the molecule is C/C1=C/C[C@H]([C@@H](C)C/C(C)=C/[C@@H](C)[C@H](O)C[C@@H](C)O)OC(=O)CCC[C@H](O)[C@@H](C)C1. The summed E-state index contributed by atoms with van der Waals surface area (Å²) in [6.07, 6.45) is 6.83. The summed E-state index contributed by atoms with van der Waals surface area (Å²) in [6.45, 7) is 11.9. The molecule has 0 saturated carbocycles. The summed E-state index contributed by atoms with van der Waals surface area (Å²) in [5, 5.41) is 29.9. The number of aliphatic hydroxyl groups is 3. The van der Waals surface area contributed by atoms with E-state index in [1.165, 1.54) is 5.57 Å². The summed E-state index contributed by atoms with van der Waals surface area (Å²) in [4.78, 5) is 12.3. The smallest absolute Gasteiger partial charge is 0.306 e. The Labute approximate surface area is 183 Å². The van der Waals surface area contributed by atoms with E-state index in [1.807, 2.05) is 13.8 Å². The molecule has 5 nitrogen and oxygen atoms in total. The van der Waals surface area contributed by atoms with Crippen molar-refractivity contribution in [1.82, 2.24) is 0 Å². The molecule has 0 amide bonds. The maximum Gasteiger partial charge on any atom is 0.306 e. The Morgan fingerprint density at radius 1 is 1.30 bits per heavy atom.